The Labute approximate surface area is 109 Å². The van der Waals surface area contributed by atoms with Gasteiger partial charge in [0, 0.05) is 11.0 Å². The van der Waals surface area contributed by atoms with Crippen LogP contribution < -0.4 is 0 Å². The van der Waals surface area contributed by atoms with Crippen molar-refractivity contribution in [3.8, 4) is 0 Å². The van der Waals surface area contributed by atoms with E-state index in [0.717, 1.165) is 5.56 Å². The van der Waals surface area contributed by atoms with E-state index in [4.69, 9.17) is 11.6 Å². The Kier molecular flexibility index (Phi) is 5.78. The summed E-state index contributed by atoms with van der Waals surface area (Å²) in [6, 6.07) is 4.74. The Morgan fingerprint density at radius 3 is 2.94 bits per heavy atom. The Morgan fingerprint density at radius 1 is 1.59 bits per heavy atom. The predicted molar refractivity (Wildman–Crippen MR) is 68.8 cm³/mol. The molecule has 1 aromatic rings. The van der Waals surface area contributed by atoms with Crippen LogP contribution in [0, 0.1) is 5.82 Å². The maximum Gasteiger partial charge on any atom is 0.306 e. The van der Waals surface area contributed by atoms with Gasteiger partial charge >= 0.3 is 5.97 Å². The predicted octanol–water partition coefficient (Wildman–Crippen LogP) is 3.66. The average Bonchev–Trinajstić information content (AvgIpc) is 2.31. The molecule has 1 rings (SSSR count). The minimum Gasteiger partial charge on any atom is -0.469 e. The molecule has 0 N–H and O–H groups in total. The van der Waals surface area contributed by atoms with Crippen LogP contribution in [0.25, 0.3) is 0 Å². The molecule has 0 fully saturated rings. The minimum absolute atomic E-state index is 0.113. The van der Waals surface area contributed by atoms with Crippen molar-refractivity contribution in [3.05, 3.63) is 34.6 Å². The standard InChI is InChI=1S/C12H14ClFO2S/c1-8(6-11(15)16-2)17-7-9-4-3-5-10(14)12(9)13/h3-5,8H,6-7H2,1-2H3. The summed E-state index contributed by atoms with van der Waals surface area (Å²) in [6.45, 7) is 1.93. The van der Waals surface area contributed by atoms with Gasteiger partial charge in [-0.25, -0.2) is 4.39 Å². The first-order chi connectivity index (χ1) is 8.04. The zero-order chi connectivity index (χ0) is 12.8. The molecule has 0 radical (unpaired) electrons. The molecule has 94 valence electrons. The van der Waals surface area contributed by atoms with E-state index < -0.39 is 5.82 Å². The van der Waals surface area contributed by atoms with Gasteiger partial charge in [-0.05, 0) is 11.6 Å². The summed E-state index contributed by atoms with van der Waals surface area (Å²) in [4.78, 5) is 11.0. The highest BCUT2D eigenvalue weighted by Gasteiger charge is 2.11. The van der Waals surface area contributed by atoms with Gasteiger partial charge in [0.05, 0.1) is 18.6 Å². The molecule has 5 heteroatoms. The second kappa shape index (κ2) is 6.87. The summed E-state index contributed by atoms with van der Waals surface area (Å²) in [5, 5.41) is 0.270. The van der Waals surface area contributed by atoms with Crippen LogP contribution in [0.5, 0.6) is 0 Å². The summed E-state index contributed by atoms with van der Waals surface area (Å²) in [5.74, 6) is -0.0740. The number of ether oxygens (including phenoxy) is 1. The maximum absolute atomic E-state index is 13.2. The van der Waals surface area contributed by atoms with Gasteiger partial charge in [-0.3, -0.25) is 4.79 Å². The van der Waals surface area contributed by atoms with Gasteiger partial charge in [-0.1, -0.05) is 30.7 Å². The SMILES string of the molecule is COC(=O)CC(C)SCc1cccc(F)c1Cl. The third-order valence-electron chi connectivity index (χ3n) is 2.24. The fraction of sp³-hybridized carbons (Fsp3) is 0.417. The number of thioether (sulfide) groups is 1. The van der Waals surface area contributed by atoms with Crippen LogP contribution in [0.1, 0.15) is 18.9 Å². The number of benzene rings is 1. The van der Waals surface area contributed by atoms with Crippen LogP contribution in [0.3, 0.4) is 0 Å². The molecule has 0 aliphatic carbocycles. The average molecular weight is 277 g/mol. The van der Waals surface area contributed by atoms with Crippen LogP contribution in [-0.4, -0.2) is 18.3 Å². The normalized spacial score (nSPS) is 12.2. The number of rotatable bonds is 5. The molecule has 1 unspecified atom stereocenters. The third kappa shape index (κ3) is 4.56. The summed E-state index contributed by atoms with van der Waals surface area (Å²) < 4.78 is 17.7. The van der Waals surface area contributed by atoms with Crippen molar-refractivity contribution in [1.29, 1.82) is 0 Å². The highest BCUT2D eigenvalue weighted by atomic mass is 35.5. The monoisotopic (exact) mass is 276 g/mol. The van der Waals surface area contributed by atoms with Gasteiger partial charge in [0.2, 0.25) is 0 Å². The number of hydrogen-bond donors (Lipinski definition) is 0. The second-order valence-corrected chi connectivity index (χ2v) is 5.42. The number of esters is 1. The Hall–Kier alpha value is -0.740. The van der Waals surface area contributed by atoms with E-state index in [2.05, 4.69) is 4.74 Å². The minimum atomic E-state index is -0.412. The molecule has 0 spiro atoms. The topological polar surface area (TPSA) is 26.3 Å². The summed E-state index contributed by atoms with van der Waals surface area (Å²) in [5.41, 5.74) is 0.744. The molecule has 0 aliphatic heterocycles. The molecular weight excluding hydrogens is 263 g/mol. The van der Waals surface area contributed by atoms with E-state index in [9.17, 15) is 9.18 Å². The first-order valence-electron chi connectivity index (χ1n) is 5.16. The van der Waals surface area contributed by atoms with Gasteiger partial charge in [-0.15, -0.1) is 0 Å². The zero-order valence-electron chi connectivity index (χ0n) is 9.70. The zero-order valence-corrected chi connectivity index (χ0v) is 11.3. The first kappa shape index (κ1) is 14.3. The first-order valence-corrected chi connectivity index (χ1v) is 6.58. The smallest absolute Gasteiger partial charge is 0.306 e. The van der Waals surface area contributed by atoms with Crippen LogP contribution in [0.2, 0.25) is 5.02 Å². The number of hydrogen-bond acceptors (Lipinski definition) is 3. The molecule has 1 aromatic carbocycles. The largest absolute Gasteiger partial charge is 0.469 e. The van der Waals surface area contributed by atoms with E-state index in [1.54, 1.807) is 23.9 Å². The van der Waals surface area contributed by atoms with Crippen molar-refractivity contribution >= 4 is 29.3 Å². The van der Waals surface area contributed by atoms with Crippen molar-refractivity contribution in [2.75, 3.05) is 7.11 Å². The Bertz CT molecular complexity index is 398. The van der Waals surface area contributed by atoms with Crippen molar-refractivity contribution in [2.45, 2.75) is 24.3 Å². The molecule has 1 atom stereocenters. The Morgan fingerprint density at radius 2 is 2.29 bits per heavy atom. The summed E-state index contributed by atoms with van der Waals surface area (Å²) in [7, 11) is 1.36. The van der Waals surface area contributed by atoms with E-state index in [1.165, 1.54) is 13.2 Å². The second-order valence-electron chi connectivity index (χ2n) is 3.61. The lowest BCUT2D eigenvalue weighted by Crippen LogP contribution is -2.08. The molecule has 17 heavy (non-hydrogen) atoms. The van der Waals surface area contributed by atoms with E-state index in [1.807, 2.05) is 6.92 Å². The fourth-order valence-corrected chi connectivity index (χ4v) is 2.50. The Balaban J connectivity index is 2.50. The lowest BCUT2D eigenvalue weighted by Gasteiger charge is -2.10. The fourth-order valence-electron chi connectivity index (χ4n) is 1.27. The van der Waals surface area contributed by atoms with Crippen LogP contribution >= 0.6 is 23.4 Å². The van der Waals surface area contributed by atoms with Gasteiger partial charge in [0.25, 0.3) is 0 Å². The highest BCUT2D eigenvalue weighted by molar-refractivity contribution is 7.99. The van der Waals surface area contributed by atoms with Crippen LogP contribution in [0.15, 0.2) is 18.2 Å². The van der Waals surface area contributed by atoms with E-state index in [0.29, 0.717) is 12.2 Å². The van der Waals surface area contributed by atoms with Crippen LogP contribution in [-0.2, 0) is 15.3 Å². The summed E-state index contributed by atoms with van der Waals surface area (Å²) in [6.07, 6.45) is 0.341. The van der Waals surface area contributed by atoms with Crippen molar-refractivity contribution < 1.29 is 13.9 Å². The molecule has 0 aromatic heterocycles. The summed E-state index contributed by atoms with van der Waals surface area (Å²) >= 11 is 7.37. The number of carbonyl (C=O) groups is 1. The molecule has 0 bridgehead atoms. The highest BCUT2D eigenvalue weighted by Crippen LogP contribution is 2.26. The maximum atomic E-state index is 13.2. The molecule has 0 amide bonds. The molecule has 0 heterocycles. The lowest BCUT2D eigenvalue weighted by atomic mass is 10.2. The van der Waals surface area contributed by atoms with Crippen LogP contribution in [0.4, 0.5) is 4.39 Å². The number of halogens is 2. The van der Waals surface area contributed by atoms with Crippen molar-refractivity contribution in [2.24, 2.45) is 0 Å². The quantitative estimate of drug-likeness (QED) is 0.768. The van der Waals surface area contributed by atoms with E-state index in [-0.39, 0.29) is 16.2 Å². The van der Waals surface area contributed by atoms with Gasteiger partial charge < -0.3 is 4.74 Å². The molecular formula is C12H14ClFO2S. The van der Waals surface area contributed by atoms with Crippen molar-refractivity contribution in [3.63, 3.8) is 0 Å². The number of methoxy groups -OCH3 is 1. The molecule has 2 nitrogen and oxygen atoms in total. The molecule has 0 aliphatic rings. The molecule has 0 saturated heterocycles. The van der Waals surface area contributed by atoms with Gasteiger partial charge in [0.1, 0.15) is 5.82 Å². The van der Waals surface area contributed by atoms with E-state index >= 15 is 0 Å². The van der Waals surface area contributed by atoms with Crippen molar-refractivity contribution in [1.82, 2.24) is 0 Å². The number of carbonyl (C=O) groups excluding carboxylic acids is 1. The molecule has 0 saturated carbocycles. The lowest BCUT2D eigenvalue weighted by molar-refractivity contribution is -0.140. The third-order valence-corrected chi connectivity index (χ3v) is 3.87. The van der Waals surface area contributed by atoms with Gasteiger partial charge in [0.15, 0.2) is 0 Å². The van der Waals surface area contributed by atoms with Gasteiger partial charge in [-0.2, -0.15) is 11.8 Å².